The molecule has 9 nitrogen and oxygen atoms in total. The summed E-state index contributed by atoms with van der Waals surface area (Å²) in [4.78, 5) is 19.8. The van der Waals surface area contributed by atoms with Crippen molar-refractivity contribution in [1.29, 1.82) is 0 Å². The van der Waals surface area contributed by atoms with Gasteiger partial charge in [-0.3, -0.25) is 4.79 Å². The van der Waals surface area contributed by atoms with Gasteiger partial charge >= 0.3 is 5.97 Å². The van der Waals surface area contributed by atoms with E-state index in [2.05, 4.69) is 34.4 Å². The standard InChI is InChI=1S/C39H62N4O5/c1-3-4-6-10-27-14-15-30(35(44)21-27)11-7-5-8-13-34(38(46)47)36(45)24-32(26-41-2)39(48)25-29(19-28-16-18-43-37(40)22-28)20-31(39)23-33-12-9-17-42-33/h9,12,14-18,22,27,29-32,34-36,41-42,44-45,48H,3-8,10-11,13,19-21,23-26H2,1-2H3,(H2,40,43)(H,46,47). The summed E-state index contributed by atoms with van der Waals surface area (Å²) >= 11 is 0. The summed E-state index contributed by atoms with van der Waals surface area (Å²) < 4.78 is 0. The predicted molar refractivity (Wildman–Crippen MR) is 191 cm³/mol. The van der Waals surface area contributed by atoms with Crippen LogP contribution in [-0.4, -0.2) is 67.8 Å². The summed E-state index contributed by atoms with van der Waals surface area (Å²) in [5.41, 5.74) is 7.02. The van der Waals surface area contributed by atoms with Gasteiger partial charge in [-0.05, 0) is 112 Å². The molecule has 2 heterocycles. The normalized spacial score (nSPS) is 27.6. The highest BCUT2D eigenvalue weighted by Gasteiger charge is 2.51. The highest BCUT2D eigenvalue weighted by molar-refractivity contribution is 5.70. The number of anilines is 1. The van der Waals surface area contributed by atoms with E-state index in [1.807, 2.05) is 37.5 Å². The summed E-state index contributed by atoms with van der Waals surface area (Å²) in [7, 11) is 1.84. The number of aromatic amines is 1. The van der Waals surface area contributed by atoms with Gasteiger partial charge in [0.05, 0.1) is 23.7 Å². The predicted octanol–water partition coefficient (Wildman–Crippen LogP) is 5.91. The third-order valence-electron chi connectivity index (χ3n) is 11.3. The summed E-state index contributed by atoms with van der Waals surface area (Å²) in [6.45, 7) is 2.69. The van der Waals surface area contributed by atoms with Crippen molar-refractivity contribution >= 4 is 11.8 Å². The molecule has 268 valence electrons. The van der Waals surface area contributed by atoms with Gasteiger partial charge in [-0.15, -0.1) is 0 Å². The second-order valence-electron chi connectivity index (χ2n) is 14.9. The molecule has 0 amide bonds. The Morgan fingerprint density at radius 2 is 1.94 bits per heavy atom. The van der Waals surface area contributed by atoms with Gasteiger partial charge in [0.2, 0.25) is 0 Å². The average Bonchev–Trinajstić information content (AvgIpc) is 3.67. The van der Waals surface area contributed by atoms with Crippen molar-refractivity contribution in [3.63, 3.8) is 0 Å². The maximum atomic E-state index is 12.5. The number of carbonyl (C=O) groups is 1. The first kappa shape index (κ1) is 38.1. The molecule has 9 heteroatoms. The molecule has 0 spiro atoms. The lowest BCUT2D eigenvalue weighted by molar-refractivity contribution is -0.148. The highest BCUT2D eigenvalue weighted by Crippen LogP contribution is 2.48. The number of H-pyrrole nitrogens is 1. The van der Waals surface area contributed by atoms with Crippen molar-refractivity contribution in [2.75, 3.05) is 19.3 Å². The van der Waals surface area contributed by atoms with Crippen molar-refractivity contribution < 1.29 is 25.2 Å². The van der Waals surface area contributed by atoms with E-state index in [1.165, 1.54) is 19.3 Å². The molecular formula is C39H62N4O5. The second-order valence-corrected chi connectivity index (χ2v) is 14.9. The van der Waals surface area contributed by atoms with Crippen LogP contribution >= 0.6 is 0 Å². The fourth-order valence-electron chi connectivity index (χ4n) is 8.67. The lowest BCUT2D eigenvalue weighted by Gasteiger charge is -2.40. The van der Waals surface area contributed by atoms with Crippen molar-refractivity contribution in [2.45, 2.75) is 121 Å². The Bertz CT molecular complexity index is 1250. The van der Waals surface area contributed by atoms with Crippen LogP contribution in [0, 0.1) is 35.5 Å². The number of aliphatic hydroxyl groups is 3. The minimum atomic E-state index is -1.08. The Labute approximate surface area is 287 Å². The van der Waals surface area contributed by atoms with Crippen LogP contribution in [0.4, 0.5) is 5.82 Å². The molecule has 0 bridgehead atoms. The van der Waals surface area contributed by atoms with Gasteiger partial charge in [0.15, 0.2) is 0 Å². The number of pyridine rings is 1. The number of nitrogens with one attached hydrogen (secondary N) is 2. The SMILES string of the molecule is CCCCCC1C=CC(CCCCCC(C(=O)O)C(O)CC(CNC)C2(O)CC(Cc3ccnc(N)c3)CC2Cc2ccc[nH]2)C(O)C1. The van der Waals surface area contributed by atoms with Gasteiger partial charge in [-0.25, -0.2) is 4.98 Å². The molecule has 9 atom stereocenters. The summed E-state index contributed by atoms with van der Waals surface area (Å²) in [6, 6.07) is 7.86. The Morgan fingerprint density at radius 1 is 1.12 bits per heavy atom. The van der Waals surface area contributed by atoms with Gasteiger partial charge in [0, 0.05) is 36.5 Å². The lowest BCUT2D eigenvalue weighted by Crippen LogP contribution is -2.48. The Balaban J connectivity index is 1.34. The first-order chi connectivity index (χ1) is 23.1. The first-order valence-corrected chi connectivity index (χ1v) is 18.6. The van der Waals surface area contributed by atoms with E-state index < -0.39 is 23.6 Å². The topological polar surface area (TPSA) is 165 Å². The Hall–Kier alpha value is -2.72. The molecule has 8 N–H and O–H groups in total. The largest absolute Gasteiger partial charge is 0.481 e. The molecule has 0 aliphatic heterocycles. The van der Waals surface area contributed by atoms with E-state index in [9.17, 15) is 25.2 Å². The number of unbranched alkanes of at least 4 members (excludes halogenated alkanes) is 4. The van der Waals surface area contributed by atoms with E-state index in [4.69, 9.17) is 5.73 Å². The number of nitrogen functional groups attached to an aromatic ring is 1. The number of carboxylic acids is 1. The fraction of sp³-hybridized carbons (Fsp3) is 0.692. The molecule has 2 aromatic rings. The molecule has 0 radical (unpaired) electrons. The molecule has 2 aliphatic rings. The molecule has 2 aromatic heterocycles. The fourth-order valence-corrected chi connectivity index (χ4v) is 8.67. The van der Waals surface area contributed by atoms with Crippen LogP contribution in [0.3, 0.4) is 0 Å². The van der Waals surface area contributed by atoms with Crippen LogP contribution in [0.25, 0.3) is 0 Å². The number of nitrogens with two attached hydrogens (primary N) is 1. The van der Waals surface area contributed by atoms with Crippen LogP contribution in [0.2, 0.25) is 0 Å². The average molecular weight is 667 g/mol. The first-order valence-electron chi connectivity index (χ1n) is 18.6. The van der Waals surface area contributed by atoms with E-state index in [0.717, 1.165) is 56.2 Å². The Morgan fingerprint density at radius 3 is 2.62 bits per heavy atom. The quantitative estimate of drug-likeness (QED) is 0.0639. The van der Waals surface area contributed by atoms with Gasteiger partial charge in [0.1, 0.15) is 5.82 Å². The number of rotatable bonds is 21. The molecular weight excluding hydrogens is 604 g/mol. The maximum absolute atomic E-state index is 12.5. The summed E-state index contributed by atoms with van der Waals surface area (Å²) in [6.07, 6.45) is 19.2. The van der Waals surface area contributed by atoms with Crippen LogP contribution in [0.1, 0.15) is 102 Å². The number of hydrogen-bond acceptors (Lipinski definition) is 7. The zero-order valence-corrected chi connectivity index (χ0v) is 29.3. The number of allylic oxidation sites excluding steroid dienone is 1. The minimum absolute atomic E-state index is 0.0510. The van der Waals surface area contributed by atoms with Crippen molar-refractivity contribution in [3.8, 4) is 0 Å². The van der Waals surface area contributed by atoms with E-state index in [-0.39, 0.29) is 36.2 Å². The number of aliphatic hydroxyl groups excluding tert-OH is 2. The molecule has 0 aromatic carbocycles. The van der Waals surface area contributed by atoms with Gasteiger partial charge in [-0.2, -0.15) is 0 Å². The summed E-state index contributed by atoms with van der Waals surface area (Å²) in [5.74, 6) is -0.910. The minimum Gasteiger partial charge on any atom is -0.481 e. The van der Waals surface area contributed by atoms with E-state index in [1.54, 1.807) is 6.20 Å². The highest BCUT2D eigenvalue weighted by atomic mass is 16.4. The van der Waals surface area contributed by atoms with E-state index >= 15 is 0 Å². The number of aliphatic carboxylic acids is 1. The van der Waals surface area contributed by atoms with E-state index in [0.29, 0.717) is 44.0 Å². The van der Waals surface area contributed by atoms with Crippen LogP contribution in [-0.2, 0) is 17.6 Å². The molecule has 0 saturated heterocycles. The second kappa shape index (κ2) is 18.9. The molecule has 4 rings (SSSR count). The van der Waals surface area contributed by atoms with Gasteiger partial charge in [-0.1, -0.05) is 57.6 Å². The van der Waals surface area contributed by atoms with Crippen molar-refractivity contribution in [3.05, 3.63) is 60.1 Å². The third kappa shape index (κ3) is 10.9. The maximum Gasteiger partial charge on any atom is 0.309 e. The van der Waals surface area contributed by atoms with Crippen LogP contribution in [0.5, 0.6) is 0 Å². The summed E-state index contributed by atoms with van der Waals surface area (Å²) in [5, 5.41) is 48.0. The van der Waals surface area contributed by atoms with Gasteiger partial charge in [0.25, 0.3) is 0 Å². The van der Waals surface area contributed by atoms with Crippen molar-refractivity contribution in [2.24, 2.45) is 35.5 Å². The van der Waals surface area contributed by atoms with Gasteiger partial charge < -0.3 is 36.5 Å². The lowest BCUT2D eigenvalue weighted by atomic mass is 9.73. The number of hydrogen-bond donors (Lipinski definition) is 7. The molecule has 2 aliphatic carbocycles. The van der Waals surface area contributed by atoms with Crippen LogP contribution < -0.4 is 11.1 Å². The third-order valence-corrected chi connectivity index (χ3v) is 11.3. The zero-order chi connectivity index (χ0) is 34.5. The molecule has 9 unspecified atom stereocenters. The number of carboxylic acid groups (broad SMARTS) is 1. The van der Waals surface area contributed by atoms with Crippen molar-refractivity contribution in [1.82, 2.24) is 15.3 Å². The zero-order valence-electron chi connectivity index (χ0n) is 29.3. The monoisotopic (exact) mass is 666 g/mol. The Kier molecular flexibility index (Phi) is 15.0. The molecule has 1 fully saturated rings. The number of aromatic nitrogens is 2. The smallest absolute Gasteiger partial charge is 0.309 e. The number of nitrogens with zero attached hydrogens (tertiary/aromatic N) is 1. The molecule has 48 heavy (non-hydrogen) atoms. The van der Waals surface area contributed by atoms with Crippen LogP contribution in [0.15, 0.2) is 48.8 Å². The molecule has 1 saturated carbocycles.